The van der Waals surface area contributed by atoms with Gasteiger partial charge < -0.3 is 19.0 Å². The first-order chi connectivity index (χ1) is 12.3. The highest BCUT2D eigenvalue weighted by atomic mass is 19.4. The standard InChI is InChI=1S/C15H23NO3.C2HF3O2/c1-17-12-15-5-2-7-19-14(15)3-6-16(11-15)9-13-4-8-18-10-13;3-2(4,5)1(6)7/h4,8,10,14H,2-3,5-7,9,11-12H2,1H3;(H,6,7). The van der Waals surface area contributed by atoms with Crippen molar-refractivity contribution in [1.29, 1.82) is 0 Å². The van der Waals surface area contributed by atoms with Gasteiger partial charge in [0.05, 0.1) is 25.2 Å². The van der Waals surface area contributed by atoms with Gasteiger partial charge in [-0.3, -0.25) is 4.90 Å². The molecule has 0 amide bonds. The van der Waals surface area contributed by atoms with Crippen molar-refractivity contribution in [1.82, 2.24) is 4.90 Å². The Balaban J connectivity index is 0.000000298. The number of hydrogen-bond acceptors (Lipinski definition) is 5. The number of nitrogens with zero attached hydrogens (tertiary/aromatic N) is 1. The number of carbonyl (C=O) groups is 1. The van der Waals surface area contributed by atoms with Gasteiger partial charge in [-0.1, -0.05) is 0 Å². The minimum absolute atomic E-state index is 0.189. The number of piperidine rings is 1. The molecule has 1 aromatic rings. The van der Waals surface area contributed by atoms with Crippen LogP contribution in [0.15, 0.2) is 23.0 Å². The Morgan fingerprint density at radius 3 is 2.81 bits per heavy atom. The van der Waals surface area contributed by atoms with Crippen LogP contribution in [0.1, 0.15) is 24.8 Å². The first kappa shape index (κ1) is 20.7. The van der Waals surface area contributed by atoms with Crippen LogP contribution >= 0.6 is 0 Å². The number of likely N-dealkylation sites (tertiary alicyclic amines) is 1. The Labute approximate surface area is 149 Å². The van der Waals surface area contributed by atoms with Crippen molar-refractivity contribution in [3.05, 3.63) is 24.2 Å². The van der Waals surface area contributed by atoms with E-state index in [2.05, 4.69) is 4.90 Å². The molecule has 2 fully saturated rings. The van der Waals surface area contributed by atoms with Crippen molar-refractivity contribution in [3.8, 4) is 0 Å². The second-order valence-electron chi connectivity index (χ2n) is 6.69. The fourth-order valence-corrected chi connectivity index (χ4v) is 3.66. The number of carboxylic acids is 1. The SMILES string of the molecule is COCC12CCCOC1CCN(Cc1ccoc1)C2.O=C(O)C(F)(F)F. The lowest BCUT2D eigenvalue weighted by Crippen LogP contribution is -2.56. The third-order valence-electron chi connectivity index (χ3n) is 4.73. The molecule has 2 aliphatic heterocycles. The summed E-state index contributed by atoms with van der Waals surface area (Å²) in [6.07, 6.45) is 2.36. The van der Waals surface area contributed by atoms with Gasteiger partial charge in [-0.25, -0.2) is 4.79 Å². The predicted molar refractivity (Wildman–Crippen MR) is 85.6 cm³/mol. The Kier molecular flexibility index (Phi) is 7.08. The van der Waals surface area contributed by atoms with E-state index in [0.29, 0.717) is 6.10 Å². The second kappa shape index (κ2) is 8.88. The Bertz CT molecular complexity index is 559. The Morgan fingerprint density at radius 1 is 1.50 bits per heavy atom. The molecule has 0 spiro atoms. The molecule has 0 bridgehead atoms. The highest BCUT2D eigenvalue weighted by Gasteiger charge is 2.45. The molecular formula is C17H24F3NO5. The number of alkyl halides is 3. The zero-order valence-corrected chi connectivity index (χ0v) is 14.6. The van der Waals surface area contributed by atoms with Crippen molar-refractivity contribution in [3.63, 3.8) is 0 Å². The summed E-state index contributed by atoms with van der Waals surface area (Å²) in [6.45, 7) is 4.85. The first-order valence-electron chi connectivity index (χ1n) is 8.41. The molecule has 0 aliphatic carbocycles. The van der Waals surface area contributed by atoms with Gasteiger partial charge >= 0.3 is 12.1 Å². The number of fused-ring (bicyclic) bond motifs is 1. The third kappa shape index (κ3) is 5.46. The normalized spacial score (nSPS) is 26.5. The Morgan fingerprint density at radius 2 is 2.23 bits per heavy atom. The van der Waals surface area contributed by atoms with E-state index in [9.17, 15) is 13.2 Å². The first-order valence-corrected chi connectivity index (χ1v) is 8.41. The van der Waals surface area contributed by atoms with Gasteiger partial charge in [-0.05, 0) is 25.3 Å². The lowest BCUT2D eigenvalue weighted by atomic mass is 9.73. The van der Waals surface area contributed by atoms with Crippen LogP contribution in [-0.4, -0.2) is 61.7 Å². The van der Waals surface area contributed by atoms with Crippen molar-refractivity contribution < 1.29 is 37.0 Å². The molecule has 3 rings (SSSR count). The average molecular weight is 379 g/mol. The molecule has 2 saturated heterocycles. The summed E-state index contributed by atoms with van der Waals surface area (Å²) in [5, 5.41) is 7.12. The molecule has 3 heterocycles. The summed E-state index contributed by atoms with van der Waals surface area (Å²) < 4.78 is 48.4. The van der Waals surface area contributed by atoms with Crippen LogP contribution in [0.5, 0.6) is 0 Å². The van der Waals surface area contributed by atoms with Gasteiger partial charge in [0.25, 0.3) is 0 Å². The fraction of sp³-hybridized carbons (Fsp3) is 0.706. The number of carboxylic acid groups (broad SMARTS) is 1. The van der Waals surface area contributed by atoms with Crippen molar-refractivity contribution >= 4 is 5.97 Å². The van der Waals surface area contributed by atoms with Crippen LogP contribution in [0.3, 0.4) is 0 Å². The molecule has 9 heteroatoms. The van der Waals surface area contributed by atoms with Gasteiger partial charge in [-0.15, -0.1) is 0 Å². The number of furan rings is 1. The van der Waals surface area contributed by atoms with E-state index in [1.165, 1.54) is 12.0 Å². The summed E-state index contributed by atoms with van der Waals surface area (Å²) in [5.74, 6) is -2.76. The molecule has 2 atom stereocenters. The van der Waals surface area contributed by atoms with E-state index in [0.717, 1.165) is 45.7 Å². The predicted octanol–water partition coefficient (Wildman–Crippen LogP) is 2.93. The molecule has 2 aliphatic rings. The number of halogens is 3. The van der Waals surface area contributed by atoms with E-state index in [-0.39, 0.29) is 5.41 Å². The maximum atomic E-state index is 10.6. The van der Waals surface area contributed by atoms with Crippen LogP contribution in [0.25, 0.3) is 0 Å². The zero-order chi connectivity index (χ0) is 19.2. The molecule has 1 aromatic heterocycles. The van der Waals surface area contributed by atoms with Crippen molar-refractivity contribution in [2.45, 2.75) is 38.1 Å². The van der Waals surface area contributed by atoms with E-state index in [4.69, 9.17) is 23.8 Å². The number of ether oxygens (including phenoxy) is 2. The monoisotopic (exact) mass is 379 g/mol. The van der Waals surface area contributed by atoms with E-state index >= 15 is 0 Å². The molecular weight excluding hydrogens is 355 g/mol. The van der Waals surface area contributed by atoms with Crippen LogP contribution in [0.2, 0.25) is 0 Å². The highest BCUT2D eigenvalue weighted by molar-refractivity contribution is 5.73. The molecule has 0 aromatic carbocycles. The van der Waals surface area contributed by atoms with Crippen LogP contribution in [0, 0.1) is 5.41 Å². The average Bonchev–Trinajstić information content (AvgIpc) is 3.07. The maximum absolute atomic E-state index is 10.6. The summed E-state index contributed by atoms with van der Waals surface area (Å²) in [4.78, 5) is 11.4. The summed E-state index contributed by atoms with van der Waals surface area (Å²) in [7, 11) is 1.80. The largest absolute Gasteiger partial charge is 0.490 e. The van der Waals surface area contributed by atoms with Gasteiger partial charge in [0.2, 0.25) is 0 Å². The highest BCUT2D eigenvalue weighted by Crippen LogP contribution is 2.40. The van der Waals surface area contributed by atoms with E-state index in [1.807, 2.05) is 12.3 Å². The third-order valence-corrected chi connectivity index (χ3v) is 4.73. The minimum Gasteiger partial charge on any atom is -0.475 e. The lowest BCUT2D eigenvalue weighted by Gasteiger charge is -2.50. The van der Waals surface area contributed by atoms with Crippen LogP contribution < -0.4 is 0 Å². The molecule has 26 heavy (non-hydrogen) atoms. The molecule has 148 valence electrons. The zero-order valence-electron chi connectivity index (χ0n) is 14.6. The molecule has 2 unspecified atom stereocenters. The minimum atomic E-state index is -5.08. The quantitative estimate of drug-likeness (QED) is 0.867. The van der Waals surface area contributed by atoms with Crippen molar-refractivity contribution in [2.24, 2.45) is 5.41 Å². The molecule has 1 N–H and O–H groups in total. The summed E-state index contributed by atoms with van der Waals surface area (Å²) >= 11 is 0. The van der Waals surface area contributed by atoms with Crippen LogP contribution in [0.4, 0.5) is 13.2 Å². The van der Waals surface area contributed by atoms with Gasteiger partial charge in [0, 0.05) is 44.3 Å². The summed E-state index contributed by atoms with van der Waals surface area (Å²) in [6, 6.07) is 2.05. The summed E-state index contributed by atoms with van der Waals surface area (Å²) in [5.41, 5.74) is 1.44. The maximum Gasteiger partial charge on any atom is 0.490 e. The number of rotatable bonds is 4. The number of hydrogen-bond donors (Lipinski definition) is 1. The number of methoxy groups -OCH3 is 1. The van der Waals surface area contributed by atoms with E-state index in [1.54, 1.807) is 13.4 Å². The van der Waals surface area contributed by atoms with Crippen molar-refractivity contribution in [2.75, 3.05) is 33.4 Å². The van der Waals surface area contributed by atoms with Crippen LogP contribution in [-0.2, 0) is 20.8 Å². The second-order valence-corrected chi connectivity index (χ2v) is 6.69. The van der Waals surface area contributed by atoms with Gasteiger partial charge in [-0.2, -0.15) is 13.2 Å². The lowest BCUT2D eigenvalue weighted by molar-refractivity contribution is -0.192. The molecule has 6 nitrogen and oxygen atoms in total. The number of aliphatic carboxylic acids is 1. The smallest absolute Gasteiger partial charge is 0.475 e. The topological polar surface area (TPSA) is 72.1 Å². The Hall–Kier alpha value is -1.58. The van der Waals surface area contributed by atoms with E-state index < -0.39 is 12.1 Å². The molecule has 0 saturated carbocycles. The van der Waals surface area contributed by atoms with Gasteiger partial charge in [0.1, 0.15) is 0 Å². The molecule has 0 radical (unpaired) electrons. The fourth-order valence-electron chi connectivity index (χ4n) is 3.66. The van der Waals surface area contributed by atoms with Gasteiger partial charge in [0.15, 0.2) is 0 Å².